The van der Waals surface area contributed by atoms with Crippen molar-refractivity contribution >= 4 is 0 Å². The molecule has 0 aromatic heterocycles. The number of ether oxygens (including phenoxy) is 2. The Labute approximate surface area is 116 Å². The summed E-state index contributed by atoms with van der Waals surface area (Å²) in [6.45, 7) is 12.4. The number of methoxy groups -OCH3 is 1. The fourth-order valence-electron chi connectivity index (χ4n) is 1.79. The van der Waals surface area contributed by atoms with Crippen molar-refractivity contribution in [2.75, 3.05) is 26.8 Å². The van der Waals surface area contributed by atoms with Crippen LogP contribution >= 0.6 is 0 Å². The molecule has 0 bridgehead atoms. The molecule has 0 aliphatic rings. The Hall–Kier alpha value is -1.48. The second-order valence-electron chi connectivity index (χ2n) is 5.45. The van der Waals surface area contributed by atoms with Gasteiger partial charge in [-0.05, 0) is 23.6 Å². The van der Waals surface area contributed by atoms with Crippen LogP contribution in [0.5, 0.6) is 11.5 Å². The van der Waals surface area contributed by atoms with Crippen molar-refractivity contribution in [3.05, 3.63) is 36.4 Å². The molecule has 0 unspecified atom stereocenters. The average Bonchev–Trinajstić information content (AvgIpc) is 2.37. The molecule has 0 heterocycles. The Morgan fingerprint density at radius 3 is 2.63 bits per heavy atom. The van der Waals surface area contributed by atoms with Gasteiger partial charge in [-0.1, -0.05) is 26.8 Å². The first-order chi connectivity index (χ1) is 8.99. The summed E-state index contributed by atoms with van der Waals surface area (Å²) < 4.78 is 11.1. The molecule has 0 aliphatic heterocycles. The van der Waals surface area contributed by atoms with Crippen LogP contribution in [0.25, 0.3) is 0 Å². The zero-order valence-electron chi connectivity index (χ0n) is 12.5. The van der Waals surface area contributed by atoms with Gasteiger partial charge in [0.05, 0.1) is 7.11 Å². The van der Waals surface area contributed by atoms with E-state index in [1.807, 2.05) is 24.3 Å². The summed E-state index contributed by atoms with van der Waals surface area (Å²) in [7, 11) is 1.68. The molecular weight excluding hydrogens is 238 g/mol. The lowest BCUT2D eigenvalue weighted by atomic mass is 9.86. The fraction of sp³-hybridized carbons (Fsp3) is 0.500. The lowest BCUT2D eigenvalue weighted by molar-refractivity contribution is 0.306. The van der Waals surface area contributed by atoms with Crippen molar-refractivity contribution < 1.29 is 9.47 Å². The fourth-order valence-corrected chi connectivity index (χ4v) is 1.79. The van der Waals surface area contributed by atoms with Gasteiger partial charge in [-0.2, -0.15) is 0 Å². The predicted octanol–water partition coefficient (Wildman–Crippen LogP) is 3.15. The Morgan fingerprint density at radius 1 is 1.32 bits per heavy atom. The van der Waals surface area contributed by atoms with Crippen LogP contribution < -0.4 is 14.8 Å². The van der Waals surface area contributed by atoms with Crippen LogP contribution in [0.4, 0.5) is 0 Å². The third-order valence-corrected chi connectivity index (χ3v) is 2.82. The van der Waals surface area contributed by atoms with Gasteiger partial charge in [0.15, 0.2) is 0 Å². The van der Waals surface area contributed by atoms with Crippen molar-refractivity contribution in [1.29, 1.82) is 0 Å². The minimum atomic E-state index is 0.0262. The first-order valence-corrected chi connectivity index (χ1v) is 6.62. The second-order valence-corrected chi connectivity index (χ2v) is 5.45. The molecule has 3 heteroatoms. The van der Waals surface area contributed by atoms with Crippen LogP contribution in [-0.4, -0.2) is 26.8 Å². The molecule has 1 rings (SSSR count). The summed E-state index contributed by atoms with van der Waals surface area (Å²) in [5, 5.41) is 3.22. The van der Waals surface area contributed by atoms with E-state index in [1.54, 1.807) is 7.11 Å². The van der Waals surface area contributed by atoms with Gasteiger partial charge in [0.25, 0.3) is 0 Å². The summed E-state index contributed by atoms with van der Waals surface area (Å²) in [6.07, 6.45) is 1.84. The van der Waals surface area contributed by atoms with Gasteiger partial charge in [-0.15, -0.1) is 6.58 Å². The van der Waals surface area contributed by atoms with E-state index in [4.69, 9.17) is 9.47 Å². The van der Waals surface area contributed by atoms with Gasteiger partial charge < -0.3 is 14.8 Å². The average molecular weight is 263 g/mol. The summed E-state index contributed by atoms with van der Waals surface area (Å²) in [5.74, 6) is 1.79. The number of hydrogen-bond acceptors (Lipinski definition) is 3. The van der Waals surface area contributed by atoms with E-state index in [0.29, 0.717) is 6.61 Å². The molecule has 0 amide bonds. The minimum Gasteiger partial charge on any atom is -0.497 e. The SMILES string of the molecule is C=CCNCCOc1ccc(OC)cc1C(C)(C)C. The van der Waals surface area contributed by atoms with E-state index in [1.165, 1.54) is 0 Å². The van der Waals surface area contributed by atoms with Gasteiger partial charge in [0.1, 0.15) is 18.1 Å². The zero-order chi connectivity index (χ0) is 14.3. The molecule has 106 valence electrons. The lowest BCUT2D eigenvalue weighted by Crippen LogP contribution is -2.22. The Bertz CT molecular complexity index is 408. The van der Waals surface area contributed by atoms with Crippen LogP contribution in [0.2, 0.25) is 0 Å². The maximum atomic E-state index is 5.86. The van der Waals surface area contributed by atoms with Gasteiger partial charge in [0.2, 0.25) is 0 Å². The largest absolute Gasteiger partial charge is 0.497 e. The number of rotatable bonds is 7. The topological polar surface area (TPSA) is 30.5 Å². The molecule has 19 heavy (non-hydrogen) atoms. The highest BCUT2D eigenvalue weighted by Crippen LogP contribution is 2.34. The van der Waals surface area contributed by atoms with E-state index in [0.717, 1.165) is 30.2 Å². The number of hydrogen-bond donors (Lipinski definition) is 1. The van der Waals surface area contributed by atoms with E-state index in [9.17, 15) is 0 Å². The molecular formula is C16H25NO2. The summed E-state index contributed by atoms with van der Waals surface area (Å²) >= 11 is 0. The third kappa shape index (κ3) is 4.95. The molecule has 0 aliphatic carbocycles. The molecule has 1 aromatic rings. The van der Waals surface area contributed by atoms with Crippen molar-refractivity contribution in [2.24, 2.45) is 0 Å². The molecule has 0 atom stereocenters. The first-order valence-electron chi connectivity index (χ1n) is 6.62. The van der Waals surface area contributed by atoms with Crippen LogP contribution in [0.3, 0.4) is 0 Å². The second kappa shape index (κ2) is 7.19. The van der Waals surface area contributed by atoms with Gasteiger partial charge in [-0.3, -0.25) is 0 Å². The number of benzene rings is 1. The molecule has 0 radical (unpaired) electrons. The smallest absolute Gasteiger partial charge is 0.123 e. The maximum Gasteiger partial charge on any atom is 0.123 e. The highest BCUT2D eigenvalue weighted by molar-refractivity contribution is 5.44. The highest BCUT2D eigenvalue weighted by Gasteiger charge is 2.19. The van der Waals surface area contributed by atoms with E-state index < -0.39 is 0 Å². The third-order valence-electron chi connectivity index (χ3n) is 2.82. The van der Waals surface area contributed by atoms with Gasteiger partial charge in [0, 0.05) is 18.7 Å². The Balaban J connectivity index is 2.73. The summed E-state index contributed by atoms with van der Waals surface area (Å²) in [4.78, 5) is 0. The minimum absolute atomic E-state index is 0.0262. The Kier molecular flexibility index (Phi) is 5.90. The molecule has 0 saturated heterocycles. The van der Waals surface area contributed by atoms with Crippen LogP contribution in [0.15, 0.2) is 30.9 Å². The summed E-state index contributed by atoms with van der Waals surface area (Å²) in [5.41, 5.74) is 1.19. The normalized spacial score (nSPS) is 11.2. The quantitative estimate of drug-likeness (QED) is 0.605. The molecule has 0 spiro atoms. The lowest BCUT2D eigenvalue weighted by Gasteiger charge is -2.23. The highest BCUT2D eigenvalue weighted by atomic mass is 16.5. The van der Waals surface area contributed by atoms with E-state index in [2.05, 4.69) is 32.7 Å². The molecule has 3 nitrogen and oxygen atoms in total. The predicted molar refractivity (Wildman–Crippen MR) is 80.3 cm³/mol. The summed E-state index contributed by atoms with van der Waals surface area (Å²) in [6, 6.07) is 5.96. The van der Waals surface area contributed by atoms with Crippen molar-refractivity contribution in [3.8, 4) is 11.5 Å². The van der Waals surface area contributed by atoms with Crippen molar-refractivity contribution in [1.82, 2.24) is 5.32 Å². The zero-order valence-corrected chi connectivity index (χ0v) is 12.5. The monoisotopic (exact) mass is 263 g/mol. The van der Waals surface area contributed by atoms with Crippen LogP contribution in [0.1, 0.15) is 26.3 Å². The Morgan fingerprint density at radius 2 is 2.05 bits per heavy atom. The van der Waals surface area contributed by atoms with Crippen molar-refractivity contribution in [2.45, 2.75) is 26.2 Å². The number of nitrogens with one attached hydrogen (secondary N) is 1. The maximum absolute atomic E-state index is 5.86. The molecule has 1 aromatic carbocycles. The molecule has 0 saturated carbocycles. The van der Waals surface area contributed by atoms with Crippen LogP contribution in [-0.2, 0) is 5.41 Å². The first kappa shape index (κ1) is 15.6. The van der Waals surface area contributed by atoms with Crippen LogP contribution in [0, 0.1) is 0 Å². The van der Waals surface area contributed by atoms with Gasteiger partial charge >= 0.3 is 0 Å². The van der Waals surface area contributed by atoms with Gasteiger partial charge in [-0.25, -0.2) is 0 Å². The van der Waals surface area contributed by atoms with Crippen molar-refractivity contribution in [3.63, 3.8) is 0 Å². The molecule has 1 N–H and O–H groups in total. The molecule has 0 fully saturated rings. The van der Waals surface area contributed by atoms with E-state index in [-0.39, 0.29) is 5.41 Å². The van der Waals surface area contributed by atoms with E-state index >= 15 is 0 Å². The standard InChI is InChI=1S/C16H25NO2/c1-6-9-17-10-11-19-15-8-7-13(18-5)12-14(15)16(2,3)4/h6-8,12,17H,1,9-11H2,2-5H3.